The van der Waals surface area contributed by atoms with E-state index in [0.717, 1.165) is 5.56 Å². The van der Waals surface area contributed by atoms with Crippen LogP contribution in [0.3, 0.4) is 0 Å². The van der Waals surface area contributed by atoms with Gasteiger partial charge in [-0.25, -0.2) is 13.8 Å². The molecule has 162 valence electrons. The third-order valence-corrected chi connectivity index (χ3v) is 4.93. The summed E-state index contributed by atoms with van der Waals surface area (Å²) in [6.07, 6.45) is -2.04. The van der Waals surface area contributed by atoms with E-state index in [1.54, 1.807) is 24.3 Å². The molecule has 0 spiro atoms. The van der Waals surface area contributed by atoms with E-state index < -0.39 is 18.2 Å². The van der Waals surface area contributed by atoms with Gasteiger partial charge in [-0.3, -0.25) is 9.59 Å². The lowest BCUT2D eigenvalue weighted by Crippen LogP contribution is -2.27. The van der Waals surface area contributed by atoms with Crippen LogP contribution in [-0.4, -0.2) is 28.3 Å². The number of fused-ring (bicyclic) bond motifs is 1. The highest BCUT2D eigenvalue weighted by atomic mass is 19.3. The molecule has 0 atom stereocenters. The molecule has 3 N–H and O–H groups in total. The zero-order valence-corrected chi connectivity index (χ0v) is 16.9. The minimum Gasteiger partial charge on any atom is -0.352 e. The molecular weight excluding hydrogens is 414 g/mol. The predicted octanol–water partition coefficient (Wildman–Crippen LogP) is 4.73. The van der Waals surface area contributed by atoms with Crippen molar-refractivity contribution in [1.82, 2.24) is 15.3 Å². The largest absolute Gasteiger partial charge is 0.352 e. The molecule has 0 saturated heterocycles. The molecule has 4 rings (SSSR count). The Morgan fingerprint density at radius 3 is 2.47 bits per heavy atom. The fourth-order valence-corrected chi connectivity index (χ4v) is 3.32. The predicted molar refractivity (Wildman–Crippen MR) is 118 cm³/mol. The van der Waals surface area contributed by atoms with Gasteiger partial charge in [0.1, 0.15) is 0 Å². The van der Waals surface area contributed by atoms with Gasteiger partial charge in [0.05, 0.1) is 22.3 Å². The number of aromatic nitrogens is 2. The summed E-state index contributed by atoms with van der Waals surface area (Å²) in [4.78, 5) is 31.7. The van der Waals surface area contributed by atoms with Crippen LogP contribution in [0.25, 0.3) is 11.0 Å². The van der Waals surface area contributed by atoms with Crippen LogP contribution in [0, 0.1) is 0 Å². The van der Waals surface area contributed by atoms with E-state index in [-0.39, 0.29) is 11.5 Å². The van der Waals surface area contributed by atoms with Crippen molar-refractivity contribution in [2.45, 2.75) is 12.8 Å². The second-order valence-corrected chi connectivity index (χ2v) is 7.15. The molecule has 0 saturated carbocycles. The van der Waals surface area contributed by atoms with Crippen LogP contribution < -0.4 is 10.6 Å². The van der Waals surface area contributed by atoms with Crippen LogP contribution in [0.1, 0.15) is 38.5 Å². The Kier molecular flexibility index (Phi) is 6.21. The molecule has 4 aromatic rings. The van der Waals surface area contributed by atoms with E-state index in [9.17, 15) is 18.4 Å². The number of carbonyl (C=O) groups excluding carboxylic acids is 2. The van der Waals surface area contributed by atoms with Gasteiger partial charge in [-0.15, -0.1) is 0 Å². The Labute approximate surface area is 182 Å². The van der Waals surface area contributed by atoms with Gasteiger partial charge in [0, 0.05) is 12.1 Å². The summed E-state index contributed by atoms with van der Waals surface area (Å²) in [7, 11) is 0. The van der Waals surface area contributed by atoms with E-state index >= 15 is 0 Å². The van der Waals surface area contributed by atoms with Crippen LogP contribution >= 0.6 is 0 Å². The minimum atomic E-state index is -2.73. The van der Waals surface area contributed by atoms with Gasteiger partial charge >= 0.3 is 0 Å². The molecule has 1 aromatic heterocycles. The molecule has 0 aliphatic carbocycles. The molecule has 3 aromatic carbocycles. The van der Waals surface area contributed by atoms with Crippen LogP contribution in [0.2, 0.25) is 0 Å². The van der Waals surface area contributed by atoms with Crippen molar-refractivity contribution in [3.63, 3.8) is 0 Å². The Morgan fingerprint density at radius 1 is 0.938 bits per heavy atom. The van der Waals surface area contributed by atoms with E-state index in [0.29, 0.717) is 35.2 Å². The molecule has 0 aliphatic heterocycles. The molecule has 0 fully saturated rings. The first-order valence-electron chi connectivity index (χ1n) is 10.0. The number of hydrogen-bond acceptors (Lipinski definition) is 3. The number of nitrogens with one attached hydrogen (secondary N) is 3. The molecule has 2 amide bonds. The van der Waals surface area contributed by atoms with Gasteiger partial charge in [0.25, 0.3) is 18.2 Å². The summed E-state index contributed by atoms with van der Waals surface area (Å²) < 4.78 is 25.7. The average molecular weight is 434 g/mol. The Hall–Kier alpha value is -4.07. The number of benzene rings is 3. The Bertz CT molecular complexity index is 1260. The standard InChI is InChI=1S/C24H20F2N4O2/c25-21(26)22-28-19-11-10-16(14-20(19)29-22)23(31)30-18-9-5-4-8-17(18)24(32)27-13-12-15-6-2-1-3-7-15/h1-11,14,21H,12-13H2,(H,27,32)(H,28,29)(H,30,31). The first kappa shape index (κ1) is 21.2. The van der Waals surface area contributed by atoms with Crippen molar-refractivity contribution in [2.75, 3.05) is 11.9 Å². The third-order valence-electron chi connectivity index (χ3n) is 4.93. The first-order chi connectivity index (χ1) is 15.5. The van der Waals surface area contributed by atoms with Gasteiger partial charge in [-0.05, 0) is 42.3 Å². The summed E-state index contributed by atoms with van der Waals surface area (Å²) in [6.45, 7) is 0.452. The zero-order chi connectivity index (χ0) is 22.5. The maximum absolute atomic E-state index is 12.8. The summed E-state index contributed by atoms with van der Waals surface area (Å²) >= 11 is 0. The van der Waals surface area contributed by atoms with Gasteiger partial charge in [-0.1, -0.05) is 42.5 Å². The molecule has 0 aliphatic rings. The van der Waals surface area contributed by atoms with E-state index in [2.05, 4.69) is 20.6 Å². The summed E-state index contributed by atoms with van der Waals surface area (Å²) in [5, 5.41) is 5.59. The molecule has 1 heterocycles. The van der Waals surface area contributed by atoms with E-state index in [4.69, 9.17) is 0 Å². The number of imidazole rings is 1. The van der Waals surface area contributed by atoms with Crippen molar-refractivity contribution >= 4 is 28.5 Å². The first-order valence-corrected chi connectivity index (χ1v) is 10.0. The van der Waals surface area contributed by atoms with Crippen LogP contribution in [0.15, 0.2) is 72.8 Å². The van der Waals surface area contributed by atoms with Crippen molar-refractivity contribution in [3.05, 3.63) is 95.3 Å². The van der Waals surface area contributed by atoms with Crippen molar-refractivity contribution < 1.29 is 18.4 Å². The molecule has 0 radical (unpaired) electrons. The van der Waals surface area contributed by atoms with Gasteiger partial charge < -0.3 is 15.6 Å². The number of halogens is 2. The van der Waals surface area contributed by atoms with Gasteiger partial charge in [0.2, 0.25) is 0 Å². The topological polar surface area (TPSA) is 86.9 Å². The smallest absolute Gasteiger partial charge is 0.295 e. The Morgan fingerprint density at radius 2 is 1.69 bits per heavy atom. The second-order valence-electron chi connectivity index (χ2n) is 7.15. The highest BCUT2D eigenvalue weighted by Gasteiger charge is 2.16. The van der Waals surface area contributed by atoms with Crippen molar-refractivity contribution in [2.24, 2.45) is 0 Å². The number of nitrogens with zero attached hydrogens (tertiary/aromatic N) is 1. The maximum Gasteiger partial charge on any atom is 0.295 e. The number of anilines is 1. The molecule has 0 unspecified atom stereocenters. The molecular formula is C24H20F2N4O2. The number of para-hydroxylation sites is 1. The number of carbonyl (C=O) groups is 2. The summed E-state index contributed by atoms with van der Waals surface area (Å²) in [5.41, 5.74) is 2.72. The summed E-state index contributed by atoms with van der Waals surface area (Å²) in [5.74, 6) is -1.22. The number of hydrogen-bond donors (Lipinski definition) is 3. The molecule has 8 heteroatoms. The lowest BCUT2D eigenvalue weighted by molar-refractivity contribution is 0.0955. The van der Waals surface area contributed by atoms with Crippen LogP contribution in [0.5, 0.6) is 0 Å². The fraction of sp³-hybridized carbons (Fsp3) is 0.125. The highest BCUT2D eigenvalue weighted by molar-refractivity contribution is 6.09. The number of rotatable bonds is 7. The normalized spacial score (nSPS) is 11.0. The lowest BCUT2D eigenvalue weighted by atomic mass is 10.1. The average Bonchev–Trinajstić information content (AvgIpc) is 3.24. The van der Waals surface area contributed by atoms with Gasteiger partial charge in [-0.2, -0.15) is 0 Å². The van der Waals surface area contributed by atoms with Crippen LogP contribution in [-0.2, 0) is 6.42 Å². The van der Waals surface area contributed by atoms with Crippen molar-refractivity contribution in [1.29, 1.82) is 0 Å². The van der Waals surface area contributed by atoms with Crippen molar-refractivity contribution in [3.8, 4) is 0 Å². The Balaban J connectivity index is 1.45. The zero-order valence-electron chi connectivity index (χ0n) is 16.9. The third kappa shape index (κ3) is 4.80. The monoisotopic (exact) mass is 434 g/mol. The number of aromatic amines is 1. The molecule has 32 heavy (non-hydrogen) atoms. The van der Waals surface area contributed by atoms with E-state index in [1.807, 2.05) is 30.3 Å². The maximum atomic E-state index is 12.8. The van der Waals surface area contributed by atoms with E-state index in [1.165, 1.54) is 18.2 Å². The molecule has 0 bridgehead atoms. The second kappa shape index (κ2) is 9.38. The lowest BCUT2D eigenvalue weighted by Gasteiger charge is -2.12. The number of H-pyrrole nitrogens is 1. The quantitative estimate of drug-likeness (QED) is 0.393. The summed E-state index contributed by atoms with van der Waals surface area (Å²) in [6, 6.07) is 20.9. The highest BCUT2D eigenvalue weighted by Crippen LogP contribution is 2.22. The van der Waals surface area contributed by atoms with Gasteiger partial charge in [0.15, 0.2) is 5.82 Å². The SMILES string of the molecule is O=C(Nc1ccccc1C(=O)NCCc1ccccc1)c1ccc2nc(C(F)F)[nH]c2c1. The number of alkyl halides is 2. The fourth-order valence-electron chi connectivity index (χ4n) is 3.32. The van der Waals surface area contributed by atoms with Crippen LogP contribution in [0.4, 0.5) is 14.5 Å². The molecule has 6 nitrogen and oxygen atoms in total. The minimum absolute atomic E-state index is 0.251. The number of amides is 2.